The van der Waals surface area contributed by atoms with Crippen molar-refractivity contribution in [3.8, 4) is 0 Å². The first kappa shape index (κ1) is 13.8. The second kappa shape index (κ2) is 7.16. The zero-order chi connectivity index (χ0) is 12.7. The van der Waals surface area contributed by atoms with E-state index in [9.17, 15) is 9.59 Å². The van der Waals surface area contributed by atoms with Crippen LogP contribution in [-0.4, -0.2) is 24.7 Å². The van der Waals surface area contributed by atoms with Crippen LogP contribution in [0.15, 0.2) is 9.98 Å². The molecule has 1 saturated carbocycles. The van der Waals surface area contributed by atoms with Gasteiger partial charge in [0.25, 0.3) is 0 Å². The molecule has 0 aromatic rings. The van der Waals surface area contributed by atoms with Crippen molar-refractivity contribution < 1.29 is 9.59 Å². The highest BCUT2D eigenvalue weighted by Crippen LogP contribution is 2.36. The fourth-order valence-electron chi connectivity index (χ4n) is 2.64. The number of aliphatic imine (C=N–C) groups is 2. The first-order chi connectivity index (χ1) is 8.19. The number of carbonyl (C=O) groups excluding carboxylic acids is 2. The molecular weight excluding hydrogens is 216 g/mol. The SMILES string of the molecule is CC(CCN=C=O)C1CCC(C)C(N=C=O)C1. The third-order valence-corrected chi connectivity index (χ3v) is 3.98. The summed E-state index contributed by atoms with van der Waals surface area (Å²) in [5, 5.41) is 0. The number of nitrogens with zero attached hydrogens (tertiary/aromatic N) is 2. The van der Waals surface area contributed by atoms with Gasteiger partial charge in [0.2, 0.25) is 12.2 Å². The summed E-state index contributed by atoms with van der Waals surface area (Å²) in [4.78, 5) is 27.8. The molecule has 4 unspecified atom stereocenters. The highest BCUT2D eigenvalue weighted by molar-refractivity contribution is 5.33. The standard InChI is InChI=1S/C13H20N2O2/c1-10(5-6-14-8-16)12-4-3-11(2)13(7-12)15-9-17/h10-13H,3-7H2,1-2H3. The first-order valence-electron chi connectivity index (χ1n) is 6.29. The quantitative estimate of drug-likeness (QED) is 0.544. The number of hydrogen-bond acceptors (Lipinski definition) is 4. The molecule has 4 atom stereocenters. The Hall–Kier alpha value is -1.24. The minimum Gasteiger partial charge on any atom is -0.211 e. The molecule has 0 N–H and O–H groups in total. The van der Waals surface area contributed by atoms with Crippen molar-refractivity contribution in [2.24, 2.45) is 27.7 Å². The van der Waals surface area contributed by atoms with Gasteiger partial charge in [0, 0.05) is 0 Å². The predicted molar refractivity (Wildman–Crippen MR) is 65.2 cm³/mol. The van der Waals surface area contributed by atoms with Gasteiger partial charge >= 0.3 is 0 Å². The van der Waals surface area contributed by atoms with Crippen LogP contribution in [-0.2, 0) is 9.59 Å². The van der Waals surface area contributed by atoms with Gasteiger partial charge in [-0.15, -0.1) is 0 Å². The van der Waals surface area contributed by atoms with Gasteiger partial charge < -0.3 is 0 Å². The van der Waals surface area contributed by atoms with E-state index in [0.29, 0.717) is 24.3 Å². The van der Waals surface area contributed by atoms with Gasteiger partial charge in [-0.25, -0.2) is 19.6 Å². The first-order valence-corrected chi connectivity index (χ1v) is 6.29. The normalized spacial score (nSPS) is 29.9. The Morgan fingerprint density at radius 3 is 2.71 bits per heavy atom. The van der Waals surface area contributed by atoms with E-state index in [1.807, 2.05) is 0 Å². The molecule has 1 aliphatic carbocycles. The Labute approximate surface area is 102 Å². The van der Waals surface area contributed by atoms with E-state index in [1.165, 1.54) is 6.42 Å². The number of rotatable bonds is 5. The summed E-state index contributed by atoms with van der Waals surface area (Å²) in [7, 11) is 0. The maximum Gasteiger partial charge on any atom is 0.235 e. The fraction of sp³-hybridized carbons (Fsp3) is 0.846. The summed E-state index contributed by atoms with van der Waals surface area (Å²) in [6.07, 6.45) is 7.41. The molecule has 4 heteroatoms. The monoisotopic (exact) mass is 236 g/mol. The van der Waals surface area contributed by atoms with Gasteiger partial charge in [0.1, 0.15) is 0 Å². The lowest BCUT2D eigenvalue weighted by Crippen LogP contribution is -2.29. The second-order valence-electron chi connectivity index (χ2n) is 5.08. The van der Waals surface area contributed by atoms with Gasteiger partial charge in [-0.2, -0.15) is 0 Å². The van der Waals surface area contributed by atoms with Crippen LogP contribution in [0.4, 0.5) is 0 Å². The smallest absolute Gasteiger partial charge is 0.211 e. The Morgan fingerprint density at radius 2 is 2.06 bits per heavy atom. The van der Waals surface area contributed by atoms with Crippen molar-refractivity contribution in [3.05, 3.63) is 0 Å². The molecule has 0 amide bonds. The Balaban J connectivity index is 2.48. The molecule has 94 valence electrons. The van der Waals surface area contributed by atoms with Crippen LogP contribution in [0.3, 0.4) is 0 Å². The Kier molecular flexibility index (Phi) is 5.82. The van der Waals surface area contributed by atoms with Gasteiger partial charge in [-0.1, -0.05) is 13.8 Å². The average molecular weight is 236 g/mol. The summed E-state index contributed by atoms with van der Waals surface area (Å²) in [5.74, 6) is 1.58. The van der Waals surface area contributed by atoms with Crippen LogP contribution >= 0.6 is 0 Å². The fourth-order valence-corrected chi connectivity index (χ4v) is 2.64. The Morgan fingerprint density at radius 1 is 1.29 bits per heavy atom. The third kappa shape index (κ3) is 4.26. The van der Waals surface area contributed by atoms with Crippen molar-refractivity contribution in [2.75, 3.05) is 6.54 Å². The molecule has 0 bridgehead atoms. The highest BCUT2D eigenvalue weighted by atomic mass is 16.1. The summed E-state index contributed by atoms with van der Waals surface area (Å²) in [5.41, 5.74) is 0. The van der Waals surface area contributed by atoms with Crippen molar-refractivity contribution in [2.45, 2.75) is 45.6 Å². The molecule has 1 fully saturated rings. The highest BCUT2D eigenvalue weighted by Gasteiger charge is 2.30. The van der Waals surface area contributed by atoms with E-state index < -0.39 is 0 Å². The molecule has 0 spiro atoms. The van der Waals surface area contributed by atoms with E-state index >= 15 is 0 Å². The van der Waals surface area contributed by atoms with Crippen molar-refractivity contribution >= 4 is 12.2 Å². The summed E-state index contributed by atoms with van der Waals surface area (Å²) < 4.78 is 0. The van der Waals surface area contributed by atoms with E-state index in [4.69, 9.17) is 0 Å². The maximum atomic E-state index is 10.4. The van der Waals surface area contributed by atoms with Crippen LogP contribution < -0.4 is 0 Å². The van der Waals surface area contributed by atoms with Gasteiger partial charge in [0.05, 0.1) is 12.6 Å². The summed E-state index contributed by atoms with van der Waals surface area (Å²) in [6, 6.07) is 0.128. The molecule has 0 aromatic carbocycles. The van der Waals surface area contributed by atoms with E-state index in [-0.39, 0.29) is 6.04 Å². The van der Waals surface area contributed by atoms with Crippen LogP contribution in [0, 0.1) is 17.8 Å². The van der Waals surface area contributed by atoms with Gasteiger partial charge in [-0.3, -0.25) is 0 Å². The molecule has 0 aliphatic heterocycles. The zero-order valence-corrected chi connectivity index (χ0v) is 10.6. The van der Waals surface area contributed by atoms with Crippen LogP contribution in [0.25, 0.3) is 0 Å². The predicted octanol–water partition coefficient (Wildman–Crippen LogP) is 2.49. The topological polar surface area (TPSA) is 58.9 Å². The lowest BCUT2D eigenvalue weighted by atomic mass is 9.73. The molecule has 0 radical (unpaired) electrons. The Bertz CT molecular complexity index is 330. The van der Waals surface area contributed by atoms with Crippen LogP contribution in [0.2, 0.25) is 0 Å². The summed E-state index contributed by atoms with van der Waals surface area (Å²) >= 11 is 0. The molecule has 4 nitrogen and oxygen atoms in total. The van der Waals surface area contributed by atoms with Gasteiger partial charge in [0.15, 0.2) is 0 Å². The van der Waals surface area contributed by atoms with Crippen molar-refractivity contribution in [1.82, 2.24) is 0 Å². The van der Waals surface area contributed by atoms with Crippen LogP contribution in [0.1, 0.15) is 39.5 Å². The number of hydrogen-bond donors (Lipinski definition) is 0. The zero-order valence-electron chi connectivity index (χ0n) is 10.6. The molecular formula is C13H20N2O2. The molecule has 0 heterocycles. The molecule has 1 rings (SSSR count). The second-order valence-corrected chi connectivity index (χ2v) is 5.08. The average Bonchev–Trinajstić information content (AvgIpc) is 2.32. The molecule has 17 heavy (non-hydrogen) atoms. The van der Waals surface area contributed by atoms with E-state index in [0.717, 1.165) is 19.3 Å². The minimum absolute atomic E-state index is 0.128. The van der Waals surface area contributed by atoms with Crippen LogP contribution in [0.5, 0.6) is 0 Å². The lowest BCUT2D eigenvalue weighted by Gasteiger charge is -2.34. The van der Waals surface area contributed by atoms with E-state index in [2.05, 4.69) is 23.8 Å². The molecule has 1 aliphatic rings. The lowest BCUT2D eigenvalue weighted by molar-refractivity contribution is 0.193. The molecule has 0 aromatic heterocycles. The maximum absolute atomic E-state index is 10.4. The van der Waals surface area contributed by atoms with Crippen molar-refractivity contribution in [1.29, 1.82) is 0 Å². The largest absolute Gasteiger partial charge is 0.235 e. The molecule has 0 saturated heterocycles. The third-order valence-electron chi connectivity index (χ3n) is 3.98. The van der Waals surface area contributed by atoms with Gasteiger partial charge in [-0.05, 0) is 43.4 Å². The number of isocyanates is 2. The summed E-state index contributed by atoms with van der Waals surface area (Å²) in [6.45, 7) is 4.88. The minimum atomic E-state index is 0.128. The van der Waals surface area contributed by atoms with E-state index in [1.54, 1.807) is 12.2 Å². The van der Waals surface area contributed by atoms with Crippen molar-refractivity contribution in [3.63, 3.8) is 0 Å².